The summed E-state index contributed by atoms with van der Waals surface area (Å²) in [6, 6.07) is 6.56. The standard InChI is InChI=1S/C8H9N3O2S/c1-2-11-10-9-7-5-3-4-6-8(7)14(11,12)13/h3-6H,2H2,1H3. The van der Waals surface area contributed by atoms with Crippen LogP contribution in [0.2, 0.25) is 0 Å². The molecular weight excluding hydrogens is 202 g/mol. The van der Waals surface area contributed by atoms with Gasteiger partial charge in [0.15, 0.2) is 0 Å². The van der Waals surface area contributed by atoms with Gasteiger partial charge in [-0.3, -0.25) is 0 Å². The molecule has 0 aliphatic carbocycles. The molecule has 74 valence electrons. The van der Waals surface area contributed by atoms with Crippen LogP contribution in [0.25, 0.3) is 0 Å². The van der Waals surface area contributed by atoms with Crippen molar-refractivity contribution in [3.05, 3.63) is 24.3 Å². The molecule has 14 heavy (non-hydrogen) atoms. The molecule has 0 saturated heterocycles. The molecule has 1 aromatic rings. The van der Waals surface area contributed by atoms with Gasteiger partial charge in [-0.25, -0.2) is 0 Å². The summed E-state index contributed by atoms with van der Waals surface area (Å²) in [6.07, 6.45) is 0. The minimum atomic E-state index is -3.46. The maximum Gasteiger partial charge on any atom is 0.282 e. The molecule has 5 nitrogen and oxygen atoms in total. The van der Waals surface area contributed by atoms with E-state index in [1.54, 1.807) is 25.1 Å². The van der Waals surface area contributed by atoms with E-state index in [0.717, 1.165) is 4.41 Å². The number of hydrogen-bond donors (Lipinski definition) is 0. The lowest BCUT2D eigenvalue weighted by Gasteiger charge is -2.20. The van der Waals surface area contributed by atoms with E-state index in [1.807, 2.05) is 0 Å². The molecule has 0 amide bonds. The smallest absolute Gasteiger partial charge is 0.199 e. The highest BCUT2D eigenvalue weighted by atomic mass is 32.2. The van der Waals surface area contributed by atoms with Gasteiger partial charge < -0.3 is 0 Å². The topological polar surface area (TPSA) is 62.1 Å². The molecule has 0 bridgehead atoms. The van der Waals surface area contributed by atoms with E-state index in [-0.39, 0.29) is 4.90 Å². The summed E-state index contributed by atoms with van der Waals surface area (Å²) >= 11 is 0. The van der Waals surface area contributed by atoms with Crippen molar-refractivity contribution in [3.63, 3.8) is 0 Å². The highest BCUT2D eigenvalue weighted by Gasteiger charge is 2.28. The molecular formula is C8H9N3O2S. The van der Waals surface area contributed by atoms with Gasteiger partial charge >= 0.3 is 0 Å². The van der Waals surface area contributed by atoms with E-state index in [0.29, 0.717) is 12.2 Å². The summed E-state index contributed by atoms with van der Waals surface area (Å²) in [7, 11) is -3.46. The fourth-order valence-electron chi connectivity index (χ4n) is 1.25. The molecule has 0 N–H and O–H groups in total. The molecule has 1 heterocycles. The van der Waals surface area contributed by atoms with Gasteiger partial charge in [0, 0.05) is 0 Å². The molecule has 0 radical (unpaired) electrons. The monoisotopic (exact) mass is 211 g/mol. The van der Waals surface area contributed by atoms with Gasteiger partial charge in [-0.2, -0.15) is 12.8 Å². The second-order valence-electron chi connectivity index (χ2n) is 2.80. The minimum Gasteiger partial charge on any atom is -0.199 e. The van der Waals surface area contributed by atoms with Crippen LogP contribution in [0.3, 0.4) is 0 Å². The first-order valence-electron chi connectivity index (χ1n) is 4.19. The highest BCUT2D eigenvalue weighted by Crippen LogP contribution is 2.31. The van der Waals surface area contributed by atoms with Crippen LogP contribution in [0, 0.1) is 0 Å². The SMILES string of the molecule is CCN1N=Nc2ccccc2S1(=O)=O. The van der Waals surface area contributed by atoms with Gasteiger partial charge in [-0.05, 0) is 19.1 Å². The number of rotatable bonds is 1. The largest absolute Gasteiger partial charge is 0.282 e. The summed E-state index contributed by atoms with van der Waals surface area (Å²) in [4.78, 5) is 0.219. The van der Waals surface area contributed by atoms with Crippen LogP contribution in [0.15, 0.2) is 39.5 Å². The van der Waals surface area contributed by atoms with E-state index >= 15 is 0 Å². The number of sulfonamides is 1. The van der Waals surface area contributed by atoms with Crippen LogP contribution in [0.4, 0.5) is 5.69 Å². The predicted molar refractivity (Wildman–Crippen MR) is 50.5 cm³/mol. The Morgan fingerprint density at radius 2 is 2.07 bits per heavy atom. The van der Waals surface area contributed by atoms with Crippen LogP contribution >= 0.6 is 0 Å². The number of hydrogen-bond acceptors (Lipinski definition) is 4. The van der Waals surface area contributed by atoms with Crippen molar-refractivity contribution < 1.29 is 8.42 Å². The number of nitrogens with zero attached hydrogens (tertiary/aromatic N) is 3. The molecule has 2 rings (SSSR count). The van der Waals surface area contributed by atoms with Crippen LogP contribution in [-0.4, -0.2) is 19.4 Å². The Morgan fingerprint density at radius 1 is 1.36 bits per heavy atom. The second kappa shape index (κ2) is 3.06. The Bertz CT molecular complexity index is 481. The van der Waals surface area contributed by atoms with Gasteiger partial charge in [0.2, 0.25) is 0 Å². The molecule has 0 unspecified atom stereocenters. The molecule has 1 aliphatic rings. The average Bonchev–Trinajstić information content (AvgIpc) is 2.18. The van der Waals surface area contributed by atoms with Crippen molar-refractivity contribution >= 4 is 15.7 Å². The third kappa shape index (κ3) is 1.19. The third-order valence-electron chi connectivity index (χ3n) is 1.94. The Hall–Kier alpha value is -1.43. The Labute approximate surface area is 82.1 Å². The average molecular weight is 211 g/mol. The third-order valence-corrected chi connectivity index (χ3v) is 3.73. The fraction of sp³-hybridized carbons (Fsp3) is 0.250. The predicted octanol–water partition coefficient (Wildman–Crippen LogP) is 1.71. The lowest BCUT2D eigenvalue weighted by molar-refractivity contribution is 0.420. The molecule has 0 atom stereocenters. The molecule has 0 saturated carbocycles. The van der Waals surface area contributed by atoms with Crippen molar-refractivity contribution in [2.45, 2.75) is 11.8 Å². The van der Waals surface area contributed by atoms with E-state index in [9.17, 15) is 8.42 Å². The molecule has 0 spiro atoms. The summed E-state index contributed by atoms with van der Waals surface area (Å²) in [6.45, 7) is 2.00. The molecule has 1 aliphatic heterocycles. The molecule has 6 heteroatoms. The van der Waals surface area contributed by atoms with Crippen LogP contribution in [-0.2, 0) is 10.0 Å². The molecule has 0 fully saturated rings. The zero-order valence-electron chi connectivity index (χ0n) is 7.58. The summed E-state index contributed by atoms with van der Waals surface area (Å²) in [5, 5.41) is 7.43. The minimum absolute atomic E-state index is 0.219. The first-order chi connectivity index (χ1) is 6.66. The maximum atomic E-state index is 11.8. The van der Waals surface area contributed by atoms with Crippen molar-refractivity contribution in [1.29, 1.82) is 0 Å². The van der Waals surface area contributed by atoms with Crippen molar-refractivity contribution in [1.82, 2.24) is 4.41 Å². The normalized spacial score (nSPS) is 17.9. The van der Waals surface area contributed by atoms with Crippen molar-refractivity contribution in [3.8, 4) is 0 Å². The van der Waals surface area contributed by atoms with Crippen LogP contribution in [0.1, 0.15) is 6.92 Å². The second-order valence-corrected chi connectivity index (χ2v) is 4.61. The summed E-state index contributed by atoms with van der Waals surface area (Å²) in [5.41, 5.74) is 0.400. The van der Waals surface area contributed by atoms with E-state index in [2.05, 4.69) is 10.3 Å². The van der Waals surface area contributed by atoms with E-state index in [1.165, 1.54) is 6.07 Å². The van der Waals surface area contributed by atoms with E-state index in [4.69, 9.17) is 0 Å². The zero-order valence-corrected chi connectivity index (χ0v) is 8.40. The highest BCUT2D eigenvalue weighted by molar-refractivity contribution is 7.89. The maximum absolute atomic E-state index is 11.8. The van der Waals surface area contributed by atoms with Crippen LogP contribution in [0.5, 0.6) is 0 Å². The Balaban J connectivity index is 2.66. The zero-order chi connectivity index (χ0) is 10.2. The molecule has 1 aromatic carbocycles. The summed E-state index contributed by atoms with van der Waals surface area (Å²) in [5.74, 6) is 0. The van der Waals surface area contributed by atoms with Gasteiger partial charge in [-0.1, -0.05) is 17.4 Å². The van der Waals surface area contributed by atoms with Gasteiger partial charge in [0.25, 0.3) is 10.0 Å². The fourth-order valence-corrected chi connectivity index (χ4v) is 2.57. The number of benzene rings is 1. The first kappa shape index (κ1) is 9.14. The van der Waals surface area contributed by atoms with Gasteiger partial charge in [0.1, 0.15) is 10.6 Å². The van der Waals surface area contributed by atoms with E-state index < -0.39 is 10.0 Å². The lowest BCUT2D eigenvalue weighted by atomic mass is 10.3. The summed E-state index contributed by atoms with van der Waals surface area (Å²) < 4.78 is 24.6. The Morgan fingerprint density at radius 3 is 2.79 bits per heavy atom. The lowest BCUT2D eigenvalue weighted by Crippen LogP contribution is -2.27. The van der Waals surface area contributed by atoms with Gasteiger partial charge in [-0.15, -0.1) is 5.11 Å². The quantitative estimate of drug-likeness (QED) is 0.709. The first-order valence-corrected chi connectivity index (χ1v) is 5.63. The number of fused-ring (bicyclic) bond motifs is 1. The van der Waals surface area contributed by atoms with Crippen LogP contribution < -0.4 is 0 Å². The van der Waals surface area contributed by atoms with Crippen molar-refractivity contribution in [2.75, 3.05) is 6.54 Å². The Kier molecular flexibility index (Phi) is 1.99. The van der Waals surface area contributed by atoms with Gasteiger partial charge in [0.05, 0.1) is 6.54 Å². The molecule has 0 aromatic heterocycles. The van der Waals surface area contributed by atoms with Crippen molar-refractivity contribution in [2.24, 2.45) is 10.3 Å².